The van der Waals surface area contributed by atoms with Crippen LogP contribution in [0.25, 0.3) is 11.0 Å². The molecule has 0 unspecified atom stereocenters. The molecule has 1 aliphatic rings. The Morgan fingerprint density at radius 2 is 1.73 bits per heavy atom. The lowest BCUT2D eigenvalue weighted by molar-refractivity contribution is 0.00578. The van der Waals surface area contributed by atoms with Crippen LogP contribution in [0.4, 0.5) is 4.79 Å². The zero-order valence-corrected chi connectivity index (χ0v) is 16.8. The maximum atomic E-state index is 12.6. The normalized spacial score (nSPS) is 19.2. The van der Waals surface area contributed by atoms with E-state index in [0.29, 0.717) is 11.3 Å². The first kappa shape index (κ1) is 18.9. The fourth-order valence-electron chi connectivity index (χ4n) is 2.88. The van der Waals surface area contributed by atoms with Gasteiger partial charge in [-0.25, -0.2) is 14.3 Å². The molecule has 0 aliphatic carbocycles. The number of benzene rings is 1. The van der Waals surface area contributed by atoms with Gasteiger partial charge in [0.15, 0.2) is 0 Å². The summed E-state index contributed by atoms with van der Waals surface area (Å²) in [6.07, 6.45) is -0.441. The Labute approximate surface area is 155 Å². The Balaban J connectivity index is 2.01. The van der Waals surface area contributed by atoms with E-state index in [-0.39, 0.29) is 0 Å². The van der Waals surface area contributed by atoms with E-state index in [1.165, 1.54) is 4.57 Å². The van der Waals surface area contributed by atoms with E-state index in [1.54, 1.807) is 6.92 Å². The summed E-state index contributed by atoms with van der Waals surface area (Å²) in [6.45, 7) is 15.4. The number of aryl methyl sites for hydroxylation is 1. The number of fused-ring (bicyclic) bond motifs is 1. The fourth-order valence-corrected chi connectivity index (χ4v) is 2.88. The second-order valence-corrected chi connectivity index (χ2v) is 8.81. The van der Waals surface area contributed by atoms with Gasteiger partial charge in [-0.15, -0.1) is 0 Å². The molecular weight excluding hydrogens is 331 g/mol. The largest absolute Gasteiger partial charge is 0.494 e. The monoisotopic (exact) mass is 358 g/mol. The molecular formula is C19H27BN2O4. The summed E-state index contributed by atoms with van der Waals surface area (Å²) < 4.78 is 19.3. The number of imidazole rings is 1. The van der Waals surface area contributed by atoms with Crippen molar-refractivity contribution < 1.29 is 18.8 Å². The van der Waals surface area contributed by atoms with Crippen LogP contribution in [-0.4, -0.2) is 39.6 Å². The molecule has 26 heavy (non-hydrogen) atoms. The summed E-state index contributed by atoms with van der Waals surface area (Å²) in [6, 6.07) is 5.70. The Morgan fingerprint density at radius 1 is 1.15 bits per heavy atom. The smallest absolute Gasteiger partial charge is 0.443 e. The molecule has 1 aliphatic heterocycles. The molecule has 2 aromatic rings. The lowest BCUT2D eigenvalue weighted by Gasteiger charge is -2.32. The molecule has 0 spiro atoms. The first-order valence-corrected chi connectivity index (χ1v) is 8.89. The van der Waals surface area contributed by atoms with Crippen LogP contribution >= 0.6 is 0 Å². The summed E-state index contributed by atoms with van der Waals surface area (Å²) in [5.41, 5.74) is 0.837. The predicted octanol–water partition coefficient (Wildman–Crippen LogP) is 3.43. The van der Waals surface area contributed by atoms with E-state index >= 15 is 0 Å². The predicted molar refractivity (Wildman–Crippen MR) is 102 cm³/mol. The van der Waals surface area contributed by atoms with Gasteiger partial charge in [0, 0.05) is 0 Å². The summed E-state index contributed by atoms with van der Waals surface area (Å²) >= 11 is 0. The van der Waals surface area contributed by atoms with Crippen molar-refractivity contribution in [3.8, 4) is 0 Å². The highest BCUT2D eigenvalue weighted by Crippen LogP contribution is 2.36. The quantitative estimate of drug-likeness (QED) is 0.731. The van der Waals surface area contributed by atoms with Gasteiger partial charge in [-0.3, -0.25) is 0 Å². The number of hydrogen-bond acceptors (Lipinski definition) is 5. The summed E-state index contributed by atoms with van der Waals surface area (Å²) in [5.74, 6) is 0.584. The Hall–Kier alpha value is -1.86. The van der Waals surface area contributed by atoms with Crippen LogP contribution in [0.5, 0.6) is 0 Å². The molecule has 0 N–H and O–H groups in total. The number of ether oxygens (including phenoxy) is 1. The molecule has 7 heteroatoms. The van der Waals surface area contributed by atoms with E-state index in [4.69, 9.17) is 14.0 Å². The maximum absolute atomic E-state index is 12.6. The van der Waals surface area contributed by atoms with Crippen LogP contribution in [0.2, 0.25) is 0 Å². The first-order chi connectivity index (χ1) is 11.8. The average Bonchev–Trinajstić information content (AvgIpc) is 2.88. The van der Waals surface area contributed by atoms with Gasteiger partial charge < -0.3 is 14.0 Å². The molecule has 2 heterocycles. The lowest BCUT2D eigenvalue weighted by Crippen LogP contribution is -2.41. The molecule has 0 bridgehead atoms. The van der Waals surface area contributed by atoms with Crippen LogP contribution in [0.1, 0.15) is 54.3 Å². The van der Waals surface area contributed by atoms with Crippen molar-refractivity contribution in [2.45, 2.75) is 72.2 Å². The zero-order valence-electron chi connectivity index (χ0n) is 16.8. The van der Waals surface area contributed by atoms with Crippen molar-refractivity contribution in [3.05, 3.63) is 24.0 Å². The van der Waals surface area contributed by atoms with Crippen molar-refractivity contribution in [2.24, 2.45) is 0 Å². The summed E-state index contributed by atoms with van der Waals surface area (Å²) in [4.78, 5) is 17.1. The number of carbonyl (C=O) groups is 1. The highest BCUT2D eigenvalue weighted by atomic mass is 16.7. The second kappa shape index (κ2) is 5.82. The Kier molecular flexibility index (Phi) is 4.24. The topological polar surface area (TPSA) is 62.6 Å². The van der Waals surface area contributed by atoms with E-state index < -0.39 is 30.0 Å². The van der Waals surface area contributed by atoms with E-state index in [9.17, 15) is 4.79 Å². The van der Waals surface area contributed by atoms with Crippen LogP contribution in [0.15, 0.2) is 18.2 Å². The van der Waals surface area contributed by atoms with Gasteiger partial charge in [0.25, 0.3) is 0 Å². The zero-order chi connectivity index (χ0) is 19.5. The third kappa shape index (κ3) is 3.26. The minimum absolute atomic E-state index is 0.423. The molecule has 1 aromatic carbocycles. The molecule has 3 rings (SSSR count). The van der Waals surface area contributed by atoms with Crippen LogP contribution in [0.3, 0.4) is 0 Å². The number of aromatic nitrogens is 2. The molecule has 0 radical (unpaired) electrons. The molecule has 0 saturated carbocycles. The minimum atomic E-state index is -0.580. The number of nitrogens with zero attached hydrogens (tertiary/aromatic N) is 2. The Morgan fingerprint density at radius 3 is 2.27 bits per heavy atom. The molecule has 1 fully saturated rings. The number of carbonyl (C=O) groups excluding carboxylic acids is 1. The van der Waals surface area contributed by atoms with Crippen molar-refractivity contribution in [1.82, 2.24) is 9.55 Å². The van der Waals surface area contributed by atoms with E-state index in [2.05, 4.69) is 4.98 Å². The van der Waals surface area contributed by atoms with Crippen molar-refractivity contribution in [2.75, 3.05) is 0 Å². The third-order valence-electron chi connectivity index (χ3n) is 4.95. The molecule has 0 atom stereocenters. The second-order valence-electron chi connectivity index (χ2n) is 8.81. The molecule has 1 saturated heterocycles. The van der Waals surface area contributed by atoms with Crippen LogP contribution in [0, 0.1) is 6.92 Å². The molecule has 6 nitrogen and oxygen atoms in total. The highest BCUT2D eigenvalue weighted by Gasteiger charge is 2.51. The van der Waals surface area contributed by atoms with Gasteiger partial charge in [-0.1, -0.05) is 6.07 Å². The van der Waals surface area contributed by atoms with Crippen molar-refractivity contribution in [1.29, 1.82) is 0 Å². The maximum Gasteiger partial charge on any atom is 0.494 e. The van der Waals surface area contributed by atoms with Gasteiger partial charge in [0.05, 0.1) is 22.2 Å². The van der Waals surface area contributed by atoms with Gasteiger partial charge >= 0.3 is 13.2 Å². The summed E-state index contributed by atoms with van der Waals surface area (Å²) in [5, 5.41) is 0. The molecule has 140 valence electrons. The fraction of sp³-hybridized carbons (Fsp3) is 0.579. The van der Waals surface area contributed by atoms with Gasteiger partial charge in [0.1, 0.15) is 11.4 Å². The van der Waals surface area contributed by atoms with Crippen molar-refractivity contribution in [3.63, 3.8) is 0 Å². The van der Waals surface area contributed by atoms with E-state index in [1.807, 2.05) is 66.7 Å². The van der Waals surface area contributed by atoms with Crippen LogP contribution < -0.4 is 5.46 Å². The van der Waals surface area contributed by atoms with Gasteiger partial charge in [-0.05, 0) is 73.0 Å². The van der Waals surface area contributed by atoms with Gasteiger partial charge in [-0.2, -0.15) is 0 Å². The van der Waals surface area contributed by atoms with E-state index in [0.717, 1.165) is 11.0 Å². The standard InChI is InChI=1S/C19H27BN2O4/c1-12-21-14-10-9-13(20-25-18(5,6)19(7,8)26-20)11-15(14)22(12)16(23)24-17(2,3)4/h9-11H,1-8H3. The highest BCUT2D eigenvalue weighted by molar-refractivity contribution is 6.62. The third-order valence-corrected chi connectivity index (χ3v) is 4.95. The molecule has 1 aromatic heterocycles. The summed E-state index contributed by atoms with van der Waals surface area (Å²) in [7, 11) is -0.494. The SMILES string of the molecule is Cc1nc2ccc(B3OC(C)(C)C(C)(C)O3)cc2n1C(=O)OC(C)(C)C. The minimum Gasteiger partial charge on any atom is -0.443 e. The van der Waals surface area contributed by atoms with Crippen molar-refractivity contribution >= 4 is 29.7 Å². The number of rotatable bonds is 1. The van der Waals surface area contributed by atoms with Crippen LogP contribution in [-0.2, 0) is 14.0 Å². The van der Waals surface area contributed by atoms with Gasteiger partial charge in [0.2, 0.25) is 0 Å². The molecule has 0 amide bonds. The average molecular weight is 358 g/mol. The number of hydrogen-bond donors (Lipinski definition) is 0. The first-order valence-electron chi connectivity index (χ1n) is 8.89. The Bertz CT molecular complexity index is 848. The lowest BCUT2D eigenvalue weighted by atomic mass is 9.79.